The van der Waals surface area contributed by atoms with Gasteiger partial charge >= 0.3 is 0 Å². The topological polar surface area (TPSA) is 84.3 Å². The highest BCUT2D eigenvalue weighted by atomic mass is 15.3. The number of nitrogens with zero attached hydrogens (tertiary/aromatic N) is 4. The summed E-state index contributed by atoms with van der Waals surface area (Å²) in [6.07, 6.45) is 4.76. The minimum Gasteiger partial charge on any atom is -0.383 e. The maximum atomic E-state index is 6.14. The number of nitrogens with two attached hydrogens (primary N) is 2. The molecule has 1 saturated carbocycles. The van der Waals surface area contributed by atoms with Gasteiger partial charge in [0, 0.05) is 24.7 Å². The van der Waals surface area contributed by atoms with Crippen LogP contribution in [0.3, 0.4) is 0 Å². The molecular weight excluding hydrogens is 276 g/mol. The molecule has 0 amide bonds. The average molecular weight is 304 g/mol. The Balaban J connectivity index is 1.81. The van der Waals surface area contributed by atoms with Crippen LogP contribution in [0.4, 0.5) is 17.6 Å². The fraction of sp³-hybridized carbons (Fsp3) is 0.750. The van der Waals surface area contributed by atoms with E-state index < -0.39 is 0 Å². The number of hydrogen-bond donors (Lipinski definition) is 2. The van der Waals surface area contributed by atoms with Crippen LogP contribution in [-0.4, -0.2) is 47.1 Å². The largest absolute Gasteiger partial charge is 0.383 e. The third kappa shape index (κ3) is 3.11. The first kappa shape index (κ1) is 15.3. The molecule has 2 heterocycles. The van der Waals surface area contributed by atoms with Crippen LogP contribution in [0.5, 0.6) is 0 Å². The SMILES string of the molecule is CCN(CC)[C@@H]1CCN(c2nc(N)nc(N)c2CC2CC2)C1. The Labute approximate surface area is 132 Å². The van der Waals surface area contributed by atoms with Crippen molar-refractivity contribution in [2.75, 3.05) is 42.5 Å². The quantitative estimate of drug-likeness (QED) is 0.829. The van der Waals surface area contributed by atoms with E-state index in [0.717, 1.165) is 49.9 Å². The van der Waals surface area contributed by atoms with Crippen molar-refractivity contribution in [3.05, 3.63) is 5.56 Å². The predicted molar refractivity (Wildman–Crippen MR) is 90.8 cm³/mol. The van der Waals surface area contributed by atoms with Gasteiger partial charge in [0.1, 0.15) is 11.6 Å². The summed E-state index contributed by atoms with van der Waals surface area (Å²) in [5.41, 5.74) is 13.1. The summed E-state index contributed by atoms with van der Waals surface area (Å²) in [6.45, 7) is 8.68. The predicted octanol–water partition coefficient (Wildman–Crippen LogP) is 1.51. The van der Waals surface area contributed by atoms with Gasteiger partial charge in [-0.05, 0) is 44.7 Å². The highest BCUT2D eigenvalue weighted by molar-refractivity contribution is 5.60. The van der Waals surface area contributed by atoms with Gasteiger partial charge in [-0.3, -0.25) is 4.90 Å². The number of nitrogen functional groups attached to an aromatic ring is 2. The van der Waals surface area contributed by atoms with Crippen LogP contribution in [-0.2, 0) is 6.42 Å². The Bertz CT molecular complexity index is 524. The Morgan fingerprint density at radius 2 is 1.86 bits per heavy atom. The minimum absolute atomic E-state index is 0.290. The molecule has 0 aromatic carbocycles. The summed E-state index contributed by atoms with van der Waals surface area (Å²) in [7, 11) is 0. The van der Waals surface area contributed by atoms with Gasteiger partial charge in [-0.1, -0.05) is 13.8 Å². The Morgan fingerprint density at radius 3 is 2.50 bits per heavy atom. The van der Waals surface area contributed by atoms with Crippen LogP contribution >= 0.6 is 0 Å². The van der Waals surface area contributed by atoms with Crippen molar-refractivity contribution in [1.82, 2.24) is 14.9 Å². The number of aromatic nitrogens is 2. The van der Waals surface area contributed by atoms with Crippen molar-refractivity contribution in [3.8, 4) is 0 Å². The molecule has 6 nitrogen and oxygen atoms in total. The van der Waals surface area contributed by atoms with Gasteiger partial charge in [0.15, 0.2) is 0 Å². The highest BCUT2D eigenvalue weighted by Crippen LogP contribution is 2.37. The Morgan fingerprint density at radius 1 is 1.14 bits per heavy atom. The van der Waals surface area contributed by atoms with Crippen LogP contribution in [0.2, 0.25) is 0 Å². The molecule has 1 aliphatic heterocycles. The number of rotatable bonds is 6. The Kier molecular flexibility index (Phi) is 4.38. The average Bonchev–Trinajstić information content (AvgIpc) is 3.18. The zero-order valence-electron chi connectivity index (χ0n) is 13.8. The standard InChI is InChI=1S/C16H28N6/c1-3-21(4-2)12-7-8-22(10-12)15-13(9-11-5-6-11)14(17)19-16(18)20-15/h11-12H,3-10H2,1-2H3,(H4,17,18,19,20)/t12-/m1/s1. The molecule has 0 radical (unpaired) electrons. The normalized spacial score (nSPS) is 21.8. The van der Waals surface area contributed by atoms with Crippen LogP contribution in [0.1, 0.15) is 38.7 Å². The third-order valence-electron chi connectivity index (χ3n) is 5.02. The minimum atomic E-state index is 0.290. The van der Waals surface area contributed by atoms with Gasteiger partial charge in [-0.25, -0.2) is 0 Å². The lowest BCUT2D eigenvalue weighted by Gasteiger charge is -2.27. The van der Waals surface area contributed by atoms with Gasteiger partial charge in [-0.15, -0.1) is 0 Å². The van der Waals surface area contributed by atoms with E-state index in [1.54, 1.807) is 0 Å². The highest BCUT2D eigenvalue weighted by Gasteiger charge is 2.31. The summed E-state index contributed by atoms with van der Waals surface area (Å²) in [4.78, 5) is 13.6. The van der Waals surface area contributed by atoms with E-state index in [4.69, 9.17) is 11.5 Å². The number of likely N-dealkylation sites (N-methyl/N-ethyl adjacent to an activating group) is 1. The van der Waals surface area contributed by atoms with Gasteiger partial charge in [0.2, 0.25) is 5.95 Å². The molecule has 4 N–H and O–H groups in total. The van der Waals surface area contributed by atoms with E-state index in [-0.39, 0.29) is 0 Å². The third-order valence-corrected chi connectivity index (χ3v) is 5.02. The second-order valence-corrected chi connectivity index (χ2v) is 6.53. The summed E-state index contributed by atoms with van der Waals surface area (Å²) in [5.74, 6) is 2.60. The first-order valence-corrected chi connectivity index (χ1v) is 8.53. The van der Waals surface area contributed by atoms with Gasteiger partial charge in [0.25, 0.3) is 0 Å². The van der Waals surface area contributed by atoms with E-state index >= 15 is 0 Å². The molecule has 1 atom stereocenters. The van der Waals surface area contributed by atoms with Gasteiger partial charge in [-0.2, -0.15) is 9.97 Å². The van der Waals surface area contributed by atoms with E-state index in [9.17, 15) is 0 Å². The number of anilines is 3. The maximum Gasteiger partial charge on any atom is 0.223 e. The monoisotopic (exact) mass is 304 g/mol. The summed E-state index contributed by atoms with van der Waals surface area (Å²) < 4.78 is 0. The van der Waals surface area contributed by atoms with Crippen LogP contribution in [0.15, 0.2) is 0 Å². The fourth-order valence-electron chi connectivity index (χ4n) is 3.55. The number of hydrogen-bond acceptors (Lipinski definition) is 6. The van der Waals surface area contributed by atoms with Crippen LogP contribution < -0.4 is 16.4 Å². The molecule has 1 aliphatic carbocycles. The van der Waals surface area contributed by atoms with E-state index in [2.05, 4.69) is 33.6 Å². The smallest absolute Gasteiger partial charge is 0.223 e. The van der Waals surface area contributed by atoms with Crippen LogP contribution in [0.25, 0.3) is 0 Å². The molecule has 122 valence electrons. The fourth-order valence-corrected chi connectivity index (χ4v) is 3.55. The van der Waals surface area contributed by atoms with Crippen molar-refractivity contribution >= 4 is 17.6 Å². The summed E-state index contributed by atoms with van der Waals surface area (Å²) in [6, 6.07) is 0.598. The Hall–Kier alpha value is -1.56. The second-order valence-electron chi connectivity index (χ2n) is 6.53. The molecule has 0 unspecified atom stereocenters. The second kappa shape index (κ2) is 6.28. The molecule has 3 rings (SSSR count). The van der Waals surface area contributed by atoms with Crippen molar-refractivity contribution in [1.29, 1.82) is 0 Å². The zero-order valence-corrected chi connectivity index (χ0v) is 13.8. The van der Waals surface area contributed by atoms with E-state index in [0.29, 0.717) is 17.8 Å². The zero-order chi connectivity index (χ0) is 15.7. The van der Waals surface area contributed by atoms with Crippen molar-refractivity contribution in [2.24, 2.45) is 5.92 Å². The van der Waals surface area contributed by atoms with Crippen LogP contribution in [0, 0.1) is 5.92 Å². The van der Waals surface area contributed by atoms with Gasteiger partial charge in [0.05, 0.1) is 0 Å². The lowest BCUT2D eigenvalue weighted by molar-refractivity contribution is 0.232. The molecule has 6 heteroatoms. The molecule has 0 bridgehead atoms. The van der Waals surface area contributed by atoms with E-state index in [1.165, 1.54) is 19.3 Å². The van der Waals surface area contributed by atoms with Crippen molar-refractivity contribution in [3.63, 3.8) is 0 Å². The molecule has 1 aromatic rings. The molecular formula is C16H28N6. The van der Waals surface area contributed by atoms with Crippen molar-refractivity contribution in [2.45, 2.75) is 45.6 Å². The van der Waals surface area contributed by atoms with Crippen molar-refractivity contribution < 1.29 is 0 Å². The molecule has 1 aromatic heterocycles. The molecule has 22 heavy (non-hydrogen) atoms. The first-order valence-electron chi connectivity index (χ1n) is 8.53. The van der Waals surface area contributed by atoms with E-state index in [1.807, 2.05) is 0 Å². The molecule has 2 fully saturated rings. The molecule has 1 saturated heterocycles. The first-order chi connectivity index (χ1) is 10.6. The summed E-state index contributed by atoms with van der Waals surface area (Å²) >= 11 is 0. The maximum absolute atomic E-state index is 6.14. The molecule has 2 aliphatic rings. The lowest BCUT2D eigenvalue weighted by atomic mass is 10.1. The molecule has 0 spiro atoms. The van der Waals surface area contributed by atoms with Gasteiger partial charge < -0.3 is 16.4 Å². The lowest BCUT2D eigenvalue weighted by Crippen LogP contribution is -2.37. The summed E-state index contributed by atoms with van der Waals surface area (Å²) in [5, 5.41) is 0.